The lowest BCUT2D eigenvalue weighted by Crippen LogP contribution is -2.15. The van der Waals surface area contributed by atoms with Gasteiger partial charge in [0.1, 0.15) is 11.5 Å². The second-order valence-electron chi connectivity index (χ2n) is 4.97. The first-order valence-corrected chi connectivity index (χ1v) is 7.26. The molecule has 2 rings (SSSR count). The van der Waals surface area contributed by atoms with Crippen LogP contribution in [0.5, 0.6) is 11.5 Å². The summed E-state index contributed by atoms with van der Waals surface area (Å²) in [5.41, 5.74) is 1.77. The number of carbonyl (C=O) groups is 2. The van der Waals surface area contributed by atoms with Crippen LogP contribution < -0.4 is 14.8 Å². The fourth-order valence-corrected chi connectivity index (χ4v) is 2.18. The summed E-state index contributed by atoms with van der Waals surface area (Å²) in [6, 6.07) is 11.8. The molecule has 0 saturated heterocycles. The number of hydrogen-bond donors (Lipinski definition) is 1. The van der Waals surface area contributed by atoms with E-state index in [2.05, 4.69) is 10.1 Å². The normalized spacial score (nSPS) is 9.96. The van der Waals surface area contributed by atoms with Crippen molar-refractivity contribution in [2.45, 2.75) is 6.42 Å². The van der Waals surface area contributed by atoms with Crippen LogP contribution in [0.4, 0.5) is 5.69 Å². The molecular formula is C18H19NO5. The monoisotopic (exact) mass is 329 g/mol. The van der Waals surface area contributed by atoms with E-state index in [0.717, 1.165) is 5.56 Å². The Morgan fingerprint density at radius 2 is 1.67 bits per heavy atom. The third kappa shape index (κ3) is 4.25. The molecule has 0 bridgehead atoms. The van der Waals surface area contributed by atoms with Crippen molar-refractivity contribution in [3.8, 4) is 11.5 Å². The Bertz CT molecular complexity index is 725. The van der Waals surface area contributed by atoms with Gasteiger partial charge in [-0.25, -0.2) is 4.79 Å². The molecule has 0 aromatic heterocycles. The van der Waals surface area contributed by atoms with Crippen molar-refractivity contribution in [3.63, 3.8) is 0 Å². The number of amides is 1. The fourth-order valence-electron chi connectivity index (χ4n) is 2.18. The van der Waals surface area contributed by atoms with E-state index in [0.29, 0.717) is 22.7 Å². The summed E-state index contributed by atoms with van der Waals surface area (Å²) in [7, 11) is 4.43. The Morgan fingerprint density at radius 3 is 2.25 bits per heavy atom. The maximum absolute atomic E-state index is 12.2. The third-order valence-corrected chi connectivity index (χ3v) is 3.44. The third-order valence-electron chi connectivity index (χ3n) is 3.44. The molecule has 0 fully saturated rings. The molecule has 0 aliphatic rings. The zero-order valence-electron chi connectivity index (χ0n) is 13.8. The van der Waals surface area contributed by atoms with E-state index >= 15 is 0 Å². The van der Waals surface area contributed by atoms with Crippen molar-refractivity contribution in [1.82, 2.24) is 0 Å². The molecule has 24 heavy (non-hydrogen) atoms. The van der Waals surface area contributed by atoms with Gasteiger partial charge in [0.15, 0.2) is 0 Å². The number of methoxy groups -OCH3 is 3. The molecule has 126 valence electrons. The maximum Gasteiger partial charge on any atom is 0.337 e. The van der Waals surface area contributed by atoms with E-state index in [4.69, 9.17) is 9.47 Å². The molecule has 0 heterocycles. The highest BCUT2D eigenvalue weighted by atomic mass is 16.5. The van der Waals surface area contributed by atoms with E-state index in [1.807, 2.05) is 0 Å². The predicted octanol–water partition coefficient (Wildman–Crippen LogP) is 2.67. The molecule has 0 saturated carbocycles. The van der Waals surface area contributed by atoms with Gasteiger partial charge in [-0.3, -0.25) is 4.79 Å². The topological polar surface area (TPSA) is 73.9 Å². The molecule has 0 radical (unpaired) electrons. The van der Waals surface area contributed by atoms with Crippen LogP contribution in [-0.4, -0.2) is 33.2 Å². The standard InChI is InChI=1S/C18H19NO5/c1-22-15-9-6-13(16(11-15)23-2)10-17(20)19-14-7-4-12(5-8-14)18(21)24-3/h4-9,11H,10H2,1-3H3,(H,19,20). The Hall–Kier alpha value is -3.02. The average molecular weight is 329 g/mol. The molecule has 0 aliphatic heterocycles. The molecule has 6 nitrogen and oxygen atoms in total. The van der Waals surface area contributed by atoms with Crippen LogP contribution in [0.25, 0.3) is 0 Å². The number of ether oxygens (including phenoxy) is 3. The highest BCUT2D eigenvalue weighted by molar-refractivity contribution is 5.94. The first kappa shape index (κ1) is 17.3. The lowest BCUT2D eigenvalue weighted by molar-refractivity contribution is -0.115. The molecule has 2 aromatic rings. The zero-order chi connectivity index (χ0) is 17.5. The number of carbonyl (C=O) groups excluding carboxylic acids is 2. The van der Waals surface area contributed by atoms with Gasteiger partial charge in [0, 0.05) is 17.3 Å². The number of nitrogens with one attached hydrogen (secondary N) is 1. The molecule has 1 N–H and O–H groups in total. The van der Waals surface area contributed by atoms with Gasteiger partial charge >= 0.3 is 5.97 Å². The lowest BCUT2D eigenvalue weighted by atomic mass is 10.1. The highest BCUT2D eigenvalue weighted by Gasteiger charge is 2.11. The smallest absolute Gasteiger partial charge is 0.337 e. The van der Waals surface area contributed by atoms with Crippen LogP contribution >= 0.6 is 0 Å². The number of anilines is 1. The molecule has 1 amide bonds. The van der Waals surface area contributed by atoms with Crippen LogP contribution in [0.1, 0.15) is 15.9 Å². The minimum absolute atomic E-state index is 0.159. The second kappa shape index (κ2) is 8.01. The Labute approximate surface area is 140 Å². The summed E-state index contributed by atoms with van der Waals surface area (Å²) in [5, 5.41) is 2.78. The lowest BCUT2D eigenvalue weighted by Gasteiger charge is -2.11. The first-order valence-electron chi connectivity index (χ1n) is 7.26. The van der Waals surface area contributed by atoms with Crippen molar-refractivity contribution in [3.05, 3.63) is 53.6 Å². The average Bonchev–Trinajstić information content (AvgIpc) is 2.61. The molecule has 0 aliphatic carbocycles. The van der Waals surface area contributed by atoms with Gasteiger partial charge < -0.3 is 19.5 Å². The van der Waals surface area contributed by atoms with Gasteiger partial charge in [0.25, 0.3) is 0 Å². The van der Waals surface area contributed by atoms with Crippen LogP contribution in [-0.2, 0) is 16.0 Å². The van der Waals surface area contributed by atoms with E-state index in [1.54, 1.807) is 56.7 Å². The summed E-state index contributed by atoms with van der Waals surface area (Å²) in [6.45, 7) is 0. The van der Waals surface area contributed by atoms with Gasteiger partial charge in [-0.2, -0.15) is 0 Å². The van der Waals surface area contributed by atoms with E-state index in [9.17, 15) is 9.59 Å². The van der Waals surface area contributed by atoms with Crippen molar-refractivity contribution in [2.24, 2.45) is 0 Å². The Morgan fingerprint density at radius 1 is 0.958 bits per heavy atom. The van der Waals surface area contributed by atoms with Crippen molar-refractivity contribution >= 4 is 17.6 Å². The molecule has 0 atom stereocenters. The van der Waals surface area contributed by atoms with Gasteiger partial charge in [0.05, 0.1) is 33.3 Å². The van der Waals surface area contributed by atoms with Crippen LogP contribution in [0, 0.1) is 0 Å². The van der Waals surface area contributed by atoms with Crippen LogP contribution in [0.15, 0.2) is 42.5 Å². The van der Waals surface area contributed by atoms with Gasteiger partial charge in [0.2, 0.25) is 5.91 Å². The highest BCUT2D eigenvalue weighted by Crippen LogP contribution is 2.25. The SMILES string of the molecule is COC(=O)c1ccc(NC(=O)Cc2ccc(OC)cc2OC)cc1. The Kier molecular flexibility index (Phi) is 5.78. The minimum Gasteiger partial charge on any atom is -0.497 e. The number of rotatable bonds is 6. The molecule has 0 spiro atoms. The van der Waals surface area contributed by atoms with Crippen LogP contribution in [0.3, 0.4) is 0 Å². The van der Waals surface area contributed by atoms with E-state index in [-0.39, 0.29) is 12.3 Å². The summed E-state index contributed by atoms with van der Waals surface area (Å²) < 4.78 is 15.0. The van der Waals surface area contributed by atoms with Gasteiger partial charge in [-0.05, 0) is 30.3 Å². The molecule has 2 aromatic carbocycles. The quantitative estimate of drug-likeness (QED) is 0.825. The molecular weight excluding hydrogens is 310 g/mol. The van der Waals surface area contributed by atoms with Gasteiger partial charge in [-0.15, -0.1) is 0 Å². The van der Waals surface area contributed by atoms with Crippen molar-refractivity contribution in [2.75, 3.05) is 26.6 Å². The predicted molar refractivity (Wildman–Crippen MR) is 89.7 cm³/mol. The van der Waals surface area contributed by atoms with Crippen molar-refractivity contribution in [1.29, 1.82) is 0 Å². The number of hydrogen-bond acceptors (Lipinski definition) is 5. The zero-order valence-corrected chi connectivity index (χ0v) is 13.8. The first-order chi connectivity index (χ1) is 11.6. The Balaban J connectivity index is 2.04. The minimum atomic E-state index is -0.421. The van der Waals surface area contributed by atoms with Crippen LogP contribution in [0.2, 0.25) is 0 Å². The van der Waals surface area contributed by atoms with Crippen molar-refractivity contribution < 1.29 is 23.8 Å². The van der Waals surface area contributed by atoms with E-state index < -0.39 is 5.97 Å². The summed E-state index contributed by atoms with van der Waals surface area (Å²) in [4.78, 5) is 23.6. The summed E-state index contributed by atoms with van der Waals surface area (Å²) >= 11 is 0. The second-order valence-corrected chi connectivity index (χ2v) is 4.97. The largest absolute Gasteiger partial charge is 0.497 e. The molecule has 6 heteroatoms. The number of benzene rings is 2. The maximum atomic E-state index is 12.2. The number of esters is 1. The summed E-state index contributed by atoms with van der Waals surface area (Å²) in [5.74, 6) is 0.639. The van der Waals surface area contributed by atoms with E-state index in [1.165, 1.54) is 7.11 Å². The van der Waals surface area contributed by atoms with Gasteiger partial charge in [-0.1, -0.05) is 6.07 Å². The molecule has 0 unspecified atom stereocenters. The summed E-state index contributed by atoms with van der Waals surface area (Å²) in [6.07, 6.45) is 0.159. The fraction of sp³-hybridized carbons (Fsp3) is 0.222.